The number of aromatic nitrogens is 2. The number of benzene rings is 2. The lowest BCUT2D eigenvalue weighted by atomic mass is 10.1. The Morgan fingerprint density at radius 3 is 2.38 bits per heavy atom. The molecular weight excluding hydrogens is 472 g/mol. The molecule has 1 amide bonds. The van der Waals surface area contributed by atoms with E-state index in [1.165, 1.54) is 18.4 Å². The van der Waals surface area contributed by atoms with Crippen LogP contribution in [-0.2, 0) is 23.0 Å². The van der Waals surface area contributed by atoms with E-state index >= 15 is 0 Å². The van der Waals surface area contributed by atoms with Gasteiger partial charge >= 0.3 is 0 Å². The van der Waals surface area contributed by atoms with Crippen molar-refractivity contribution in [3.63, 3.8) is 0 Å². The molecule has 1 N–H and O–H groups in total. The molecule has 7 nitrogen and oxygen atoms in total. The molecule has 9 heteroatoms. The smallest absolute Gasteiger partial charge is 0.267 e. The van der Waals surface area contributed by atoms with Gasteiger partial charge in [-0.25, -0.2) is 12.7 Å². The minimum Gasteiger partial charge on any atom is -0.350 e. The van der Waals surface area contributed by atoms with Gasteiger partial charge in [0, 0.05) is 55.5 Å². The van der Waals surface area contributed by atoms with E-state index in [9.17, 15) is 13.2 Å². The Labute approximate surface area is 204 Å². The first kappa shape index (κ1) is 23.9. The maximum absolute atomic E-state index is 13.2. The van der Waals surface area contributed by atoms with E-state index in [1.807, 2.05) is 41.0 Å². The minimum atomic E-state index is -3.59. The molecule has 2 aromatic heterocycles. The summed E-state index contributed by atoms with van der Waals surface area (Å²) < 4.78 is 28.3. The summed E-state index contributed by atoms with van der Waals surface area (Å²) >= 11 is 5.94. The lowest BCUT2D eigenvalue weighted by Crippen LogP contribution is -2.28. The number of halogens is 1. The van der Waals surface area contributed by atoms with Crippen molar-refractivity contribution in [3.05, 3.63) is 94.9 Å². The van der Waals surface area contributed by atoms with Gasteiger partial charge in [-0.15, -0.1) is 0 Å². The summed E-state index contributed by atoms with van der Waals surface area (Å²) in [5, 5.41) is 4.33. The van der Waals surface area contributed by atoms with Crippen molar-refractivity contribution >= 4 is 38.4 Å². The van der Waals surface area contributed by atoms with E-state index < -0.39 is 10.0 Å². The summed E-state index contributed by atoms with van der Waals surface area (Å²) in [7, 11) is -0.606. The van der Waals surface area contributed by atoms with Gasteiger partial charge in [0.1, 0.15) is 5.69 Å². The Morgan fingerprint density at radius 1 is 1.00 bits per heavy atom. The quantitative estimate of drug-likeness (QED) is 0.400. The number of carbonyl (C=O) groups excluding carboxylic acids is 1. The molecule has 0 atom stereocenters. The van der Waals surface area contributed by atoms with Gasteiger partial charge in [0.15, 0.2) is 0 Å². The van der Waals surface area contributed by atoms with Gasteiger partial charge in [0.25, 0.3) is 5.91 Å². The number of amides is 1. The maximum Gasteiger partial charge on any atom is 0.267 e. The number of nitrogens with one attached hydrogen (secondary N) is 1. The van der Waals surface area contributed by atoms with Crippen LogP contribution in [0.1, 0.15) is 21.6 Å². The normalized spacial score (nSPS) is 11.8. The summed E-state index contributed by atoms with van der Waals surface area (Å²) in [6, 6.07) is 18.0. The maximum atomic E-state index is 13.2. The predicted molar refractivity (Wildman–Crippen MR) is 134 cm³/mol. The zero-order valence-electron chi connectivity index (χ0n) is 18.9. The highest BCUT2D eigenvalue weighted by Gasteiger charge is 2.21. The zero-order chi connectivity index (χ0) is 24.3. The van der Waals surface area contributed by atoms with Crippen LogP contribution in [0.2, 0.25) is 5.02 Å². The Bertz CT molecular complexity index is 1420. The van der Waals surface area contributed by atoms with Gasteiger partial charge in [-0.05, 0) is 66.1 Å². The van der Waals surface area contributed by atoms with Gasteiger partial charge in [0.05, 0.1) is 4.90 Å². The van der Waals surface area contributed by atoms with Crippen LogP contribution >= 0.6 is 11.6 Å². The first-order valence-corrected chi connectivity index (χ1v) is 12.5. The third kappa shape index (κ3) is 5.14. The molecule has 0 radical (unpaired) electrons. The van der Waals surface area contributed by atoms with Crippen molar-refractivity contribution < 1.29 is 13.2 Å². The van der Waals surface area contributed by atoms with E-state index in [1.54, 1.807) is 36.7 Å². The molecule has 0 unspecified atom stereocenters. The molecule has 0 aliphatic carbocycles. The highest BCUT2D eigenvalue weighted by atomic mass is 35.5. The first-order valence-electron chi connectivity index (χ1n) is 10.7. The Morgan fingerprint density at radius 2 is 1.71 bits per heavy atom. The lowest BCUT2D eigenvalue weighted by Gasteiger charge is -2.13. The molecule has 0 aliphatic heterocycles. The highest BCUT2D eigenvalue weighted by molar-refractivity contribution is 7.89. The van der Waals surface area contributed by atoms with E-state index in [-0.39, 0.29) is 10.8 Å². The van der Waals surface area contributed by atoms with Crippen LogP contribution in [0.25, 0.3) is 10.9 Å². The van der Waals surface area contributed by atoms with Gasteiger partial charge in [-0.3, -0.25) is 9.78 Å². The molecule has 34 heavy (non-hydrogen) atoms. The van der Waals surface area contributed by atoms with Crippen molar-refractivity contribution in [3.8, 4) is 0 Å². The summed E-state index contributed by atoms with van der Waals surface area (Å²) in [4.78, 5) is 17.4. The van der Waals surface area contributed by atoms with Crippen LogP contribution in [0.3, 0.4) is 0 Å². The number of hydrogen-bond donors (Lipinski definition) is 1. The van der Waals surface area contributed by atoms with E-state index in [4.69, 9.17) is 11.6 Å². The molecule has 0 spiro atoms. The standard InChI is InChI=1S/C25H25ClN4O3S/c1-29(2)34(32,33)22-7-8-23-20(15-22)16-24(30(23)17-19-9-12-27-13-10-19)25(31)28-14-11-18-3-5-21(26)6-4-18/h3-10,12-13,15-16H,11,14,17H2,1-2H3,(H,28,31). The van der Waals surface area contributed by atoms with E-state index in [2.05, 4.69) is 10.3 Å². The molecule has 0 bridgehead atoms. The number of sulfonamides is 1. The number of hydrogen-bond acceptors (Lipinski definition) is 4. The molecule has 2 heterocycles. The Hall–Kier alpha value is -3.20. The largest absolute Gasteiger partial charge is 0.350 e. The van der Waals surface area contributed by atoms with Crippen molar-refractivity contribution in [1.82, 2.24) is 19.2 Å². The van der Waals surface area contributed by atoms with Gasteiger partial charge < -0.3 is 9.88 Å². The monoisotopic (exact) mass is 496 g/mol. The fourth-order valence-corrected chi connectivity index (χ4v) is 4.78. The highest BCUT2D eigenvalue weighted by Crippen LogP contribution is 2.26. The molecule has 0 fully saturated rings. The van der Waals surface area contributed by atoms with Crippen LogP contribution in [0.5, 0.6) is 0 Å². The molecule has 0 saturated carbocycles. The Kier molecular flexibility index (Phi) is 7.02. The second-order valence-corrected chi connectivity index (χ2v) is 10.7. The van der Waals surface area contributed by atoms with Gasteiger partial charge in [-0.2, -0.15) is 0 Å². The van der Waals surface area contributed by atoms with Crippen LogP contribution in [0, 0.1) is 0 Å². The zero-order valence-corrected chi connectivity index (χ0v) is 20.5. The van der Waals surface area contributed by atoms with Gasteiger partial charge in [0.2, 0.25) is 10.0 Å². The first-order chi connectivity index (χ1) is 16.3. The minimum absolute atomic E-state index is 0.181. The van der Waals surface area contributed by atoms with Crippen molar-refractivity contribution in [2.24, 2.45) is 0 Å². The third-order valence-electron chi connectivity index (χ3n) is 5.59. The third-order valence-corrected chi connectivity index (χ3v) is 7.65. The number of nitrogens with zero attached hydrogens (tertiary/aromatic N) is 3. The molecular formula is C25H25ClN4O3S. The molecule has 4 aromatic rings. The van der Waals surface area contributed by atoms with Crippen LogP contribution < -0.4 is 5.32 Å². The van der Waals surface area contributed by atoms with Crippen molar-refractivity contribution in [2.75, 3.05) is 20.6 Å². The number of rotatable bonds is 8. The molecule has 2 aromatic carbocycles. The van der Waals surface area contributed by atoms with Crippen LogP contribution in [0.4, 0.5) is 0 Å². The van der Waals surface area contributed by atoms with Gasteiger partial charge in [-0.1, -0.05) is 23.7 Å². The van der Waals surface area contributed by atoms with Crippen LogP contribution in [-0.4, -0.2) is 48.8 Å². The van der Waals surface area contributed by atoms with Crippen molar-refractivity contribution in [2.45, 2.75) is 17.9 Å². The fourth-order valence-electron chi connectivity index (χ4n) is 3.71. The number of fused-ring (bicyclic) bond motifs is 1. The average molecular weight is 497 g/mol. The fraction of sp³-hybridized carbons (Fsp3) is 0.200. The summed E-state index contributed by atoms with van der Waals surface area (Å²) in [5.41, 5.74) is 3.29. The molecule has 176 valence electrons. The van der Waals surface area contributed by atoms with E-state index in [0.29, 0.717) is 35.6 Å². The second kappa shape index (κ2) is 9.97. The summed E-state index contributed by atoms with van der Waals surface area (Å²) in [6.45, 7) is 0.906. The molecule has 0 saturated heterocycles. The van der Waals surface area contributed by atoms with E-state index in [0.717, 1.165) is 16.6 Å². The topological polar surface area (TPSA) is 84.3 Å². The van der Waals surface area contributed by atoms with Crippen molar-refractivity contribution in [1.29, 1.82) is 0 Å². The summed E-state index contributed by atoms with van der Waals surface area (Å²) in [5.74, 6) is -0.226. The van der Waals surface area contributed by atoms with Crippen LogP contribution in [0.15, 0.2) is 78.0 Å². The Balaban J connectivity index is 1.65. The summed E-state index contributed by atoms with van der Waals surface area (Å²) in [6.07, 6.45) is 4.07. The lowest BCUT2D eigenvalue weighted by molar-refractivity contribution is 0.0945. The SMILES string of the molecule is CN(C)S(=O)(=O)c1ccc2c(c1)cc(C(=O)NCCc1ccc(Cl)cc1)n2Cc1ccncc1. The molecule has 4 rings (SSSR count). The second-order valence-electron chi connectivity index (χ2n) is 8.11. The molecule has 0 aliphatic rings. The number of carbonyl (C=O) groups is 1. The predicted octanol–water partition coefficient (Wildman–Crippen LogP) is 3.96. The average Bonchev–Trinajstić information content (AvgIpc) is 3.18. The number of pyridine rings is 1.